The number of thiazole rings is 2. The molecule has 4 rings (SSSR count). The first-order chi connectivity index (χ1) is 12.3. The minimum atomic E-state index is 0.440. The van der Waals surface area contributed by atoms with Crippen molar-refractivity contribution in [2.24, 2.45) is 0 Å². The van der Waals surface area contributed by atoms with Gasteiger partial charge in [-0.3, -0.25) is 14.9 Å². The van der Waals surface area contributed by atoms with Crippen molar-refractivity contribution in [3.05, 3.63) is 45.7 Å². The number of aryl methyl sites for hydroxylation is 1. The van der Waals surface area contributed by atoms with Crippen LogP contribution >= 0.6 is 22.7 Å². The summed E-state index contributed by atoms with van der Waals surface area (Å²) >= 11 is 3.33. The Labute approximate surface area is 155 Å². The fourth-order valence-corrected chi connectivity index (χ4v) is 4.48. The Morgan fingerprint density at radius 2 is 2.04 bits per heavy atom. The van der Waals surface area contributed by atoms with Gasteiger partial charge in [-0.2, -0.15) is 0 Å². The van der Waals surface area contributed by atoms with Crippen LogP contribution in [0.5, 0.6) is 0 Å². The van der Waals surface area contributed by atoms with Gasteiger partial charge in [0.2, 0.25) is 0 Å². The molecule has 1 fully saturated rings. The van der Waals surface area contributed by atoms with Crippen molar-refractivity contribution in [3.63, 3.8) is 0 Å². The van der Waals surface area contributed by atoms with E-state index in [1.807, 2.05) is 24.0 Å². The number of nitrogens with one attached hydrogen (secondary N) is 1. The van der Waals surface area contributed by atoms with Crippen molar-refractivity contribution in [3.8, 4) is 0 Å². The monoisotopic (exact) mass is 372 g/mol. The molecule has 0 unspecified atom stereocenters. The number of nitrogens with zero attached hydrogens (tertiary/aromatic N) is 5. The van der Waals surface area contributed by atoms with Crippen LogP contribution in [0.15, 0.2) is 29.5 Å². The molecule has 0 amide bonds. The van der Waals surface area contributed by atoms with Crippen LogP contribution in [0.2, 0.25) is 0 Å². The van der Waals surface area contributed by atoms with Crippen molar-refractivity contribution in [2.45, 2.75) is 32.2 Å². The zero-order valence-corrected chi connectivity index (χ0v) is 15.7. The van der Waals surface area contributed by atoms with E-state index in [1.54, 1.807) is 35.1 Å². The third kappa shape index (κ3) is 4.02. The number of hydrogen-bond acceptors (Lipinski definition) is 8. The highest BCUT2D eigenvalue weighted by Gasteiger charge is 2.24. The molecule has 8 heteroatoms. The van der Waals surface area contributed by atoms with Gasteiger partial charge >= 0.3 is 0 Å². The van der Waals surface area contributed by atoms with Crippen LogP contribution in [0.3, 0.4) is 0 Å². The fraction of sp³-hybridized carbons (Fsp3) is 0.412. The molecule has 3 aromatic heterocycles. The van der Waals surface area contributed by atoms with Crippen LogP contribution in [0.1, 0.15) is 35.0 Å². The van der Waals surface area contributed by atoms with E-state index >= 15 is 0 Å². The van der Waals surface area contributed by atoms with Gasteiger partial charge in [-0.05, 0) is 32.9 Å². The first-order valence-electron chi connectivity index (χ1n) is 8.37. The molecule has 130 valence electrons. The third-order valence-corrected chi connectivity index (χ3v) is 6.05. The summed E-state index contributed by atoms with van der Waals surface area (Å²) in [6, 6.07) is 0. The normalized spacial score (nSPS) is 16.2. The second-order valence-electron chi connectivity index (χ2n) is 6.23. The summed E-state index contributed by atoms with van der Waals surface area (Å²) in [5, 5.41) is 6.27. The molecule has 1 aliphatic rings. The lowest BCUT2D eigenvalue weighted by Gasteiger charge is -2.31. The molecule has 4 heterocycles. The summed E-state index contributed by atoms with van der Waals surface area (Å²) < 4.78 is 0. The van der Waals surface area contributed by atoms with Crippen LogP contribution in [0.25, 0.3) is 0 Å². The van der Waals surface area contributed by atoms with Crippen molar-refractivity contribution < 1.29 is 0 Å². The Morgan fingerprint density at radius 3 is 2.76 bits per heavy atom. The molecule has 25 heavy (non-hydrogen) atoms. The lowest BCUT2D eigenvalue weighted by molar-refractivity contribution is 0.205. The Bertz CT molecular complexity index is 808. The second-order valence-corrected chi connectivity index (χ2v) is 8.06. The molecule has 0 aromatic carbocycles. The van der Waals surface area contributed by atoms with Crippen LogP contribution in [0, 0.1) is 6.92 Å². The van der Waals surface area contributed by atoms with E-state index in [0.29, 0.717) is 5.92 Å². The summed E-state index contributed by atoms with van der Waals surface area (Å²) in [4.78, 5) is 21.6. The maximum Gasteiger partial charge on any atom is 0.188 e. The molecule has 0 spiro atoms. The second kappa shape index (κ2) is 7.55. The van der Waals surface area contributed by atoms with Gasteiger partial charge in [0.15, 0.2) is 10.9 Å². The lowest BCUT2D eigenvalue weighted by Crippen LogP contribution is -2.32. The van der Waals surface area contributed by atoms with Gasteiger partial charge in [0.1, 0.15) is 0 Å². The standard InChI is InChI=1S/C17H20N6S2/c1-12-10-24-17(21-12)22-16-15(19-4-5-20-16)13-2-6-23(7-3-13)9-14-8-18-11-25-14/h4-5,8,10-11,13H,2-3,6-7,9H2,1H3,(H,20,21,22). The third-order valence-electron chi connectivity index (χ3n) is 4.41. The van der Waals surface area contributed by atoms with E-state index in [4.69, 9.17) is 0 Å². The number of hydrogen-bond donors (Lipinski definition) is 1. The smallest absolute Gasteiger partial charge is 0.188 e. The summed E-state index contributed by atoms with van der Waals surface area (Å²) in [5.74, 6) is 1.28. The average molecular weight is 373 g/mol. The molecule has 0 bridgehead atoms. The summed E-state index contributed by atoms with van der Waals surface area (Å²) in [6.45, 7) is 5.16. The molecule has 3 aromatic rings. The predicted octanol–water partition coefficient (Wildman–Crippen LogP) is 3.82. The highest BCUT2D eigenvalue weighted by atomic mass is 32.1. The molecule has 6 nitrogen and oxygen atoms in total. The summed E-state index contributed by atoms with van der Waals surface area (Å²) in [6.07, 6.45) is 7.70. The lowest BCUT2D eigenvalue weighted by atomic mass is 9.93. The molecule has 0 radical (unpaired) electrons. The quantitative estimate of drug-likeness (QED) is 0.734. The molecule has 1 saturated heterocycles. The zero-order chi connectivity index (χ0) is 17.1. The minimum absolute atomic E-state index is 0.440. The highest BCUT2D eigenvalue weighted by Crippen LogP contribution is 2.32. The Morgan fingerprint density at radius 1 is 1.20 bits per heavy atom. The number of rotatable bonds is 5. The molecule has 0 aliphatic carbocycles. The van der Waals surface area contributed by atoms with Gasteiger partial charge in [0.05, 0.1) is 16.9 Å². The topological polar surface area (TPSA) is 66.8 Å². The van der Waals surface area contributed by atoms with Crippen LogP contribution < -0.4 is 5.32 Å². The van der Waals surface area contributed by atoms with Gasteiger partial charge in [0, 0.05) is 41.3 Å². The number of anilines is 2. The van der Waals surface area contributed by atoms with E-state index in [0.717, 1.165) is 54.8 Å². The molecular formula is C17H20N6S2. The zero-order valence-electron chi connectivity index (χ0n) is 14.1. The summed E-state index contributed by atoms with van der Waals surface area (Å²) in [7, 11) is 0. The molecule has 0 atom stereocenters. The maximum absolute atomic E-state index is 4.63. The van der Waals surface area contributed by atoms with Gasteiger partial charge in [0.25, 0.3) is 0 Å². The van der Waals surface area contributed by atoms with E-state index in [2.05, 4.69) is 30.2 Å². The first kappa shape index (κ1) is 16.6. The average Bonchev–Trinajstić information content (AvgIpc) is 3.28. The number of likely N-dealkylation sites (tertiary alicyclic amines) is 1. The van der Waals surface area contributed by atoms with E-state index in [-0.39, 0.29) is 0 Å². The molecular weight excluding hydrogens is 352 g/mol. The fourth-order valence-electron chi connectivity index (χ4n) is 3.16. The van der Waals surface area contributed by atoms with Gasteiger partial charge in [-0.1, -0.05) is 0 Å². The minimum Gasteiger partial charge on any atom is -0.315 e. The molecule has 1 aliphatic heterocycles. The SMILES string of the molecule is Cc1csc(Nc2nccnc2C2CCN(Cc3cncs3)CC2)n1. The Hall–Kier alpha value is -1.90. The Balaban J connectivity index is 1.42. The summed E-state index contributed by atoms with van der Waals surface area (Å²) in [5.41, 5.74) is 3.99. The van der Waals surface area contributed by atoms with Crippen LogP contribution in [-0.2, 0) is 6.54 Å². The Kier molecular flexibility index (Phi) is 5.00. The van der Waals surface area contributed by atoms with Crippen molar-refractivity contribution in [1.29, 1.82) is 0 Å². The first-order valence-corrected chi connectivity index (χ1v) is 10.1. The van der Waals surface area contributed by atoms with Gasteiger partial charge < -0.3 is 5.32 Å². The van der Waals surface area contributed by atoms with Gasteiger partial charge in [-0.25, -0.2) is 9.97 Å². The molecule has 1 N–H and O–H groups in total. The van der Waals surface area contributed by atoms with E-state index in [9.17, 15) is 0 Å². The van der Waals surface area contributed by atoms with E-state index in [1.165, 1.54) is 4.88 Å². The van der Waals surface area contributed by atoms with Crippen molar-refractivity contribution in [2.75, 3.05) is 18.4 Å². The van der Waals surface area contributed by atoms with E-state index < -0.39 is 0 Å². The van der Waals surface area contributed by atoms with Crippen LogP contribution in [-0.4, -0.2) is 37.9 Å². The number of aromatic nitrogens is 4. The largest absolute Gasteiger partial charge is 0.315 e. The molecule has 0 saturated carbocycles. The van der Waals surface area contributed by atoms with Crippen molar-refractivity contribution >= 4 is 33.6 Å². The van der Waals surface area contributed by atoms with Gasteiger partial charge in [-0.15, -0.1) is 22.7 Å². The maximum atomic E-state index is 4.63. The predicted molar refractivity (Wildman–Crippen MR) is 102 cm³/mol. The van der Waals surface area contributed by atoms with Crippen LogP contribution in [0.4, 0.5) is 10.9 Å². The number of piperidine rings is 1. The van der Waals surface area contributed by atoms with Crippen molar-refractivity contribution in [1.82, 2.24) is 24.8 Å². The highest BCUT2D eigenvalue weighted by molar-refractivity contribution is 7.13.